The Morgan fingerprint density at radius 3 is 2.08 bits per heavy atom. The van der Waals surface area contributed by atoms with Crippen LogP contribution in [0.25, 0.3) is 0 Å². The number of hydrogen-bond acceptors (Lipinski definition) is 1. The summed E-state index contributed by atoms with van der Waals surface area (Å²) in [5.41, 5.74) is 0. The number of hydrogen-bond donors (Lipinski definition) is 0. The summed E-state index contributed by atoms with van der Waals surface area (Å²) >= 11 is 0. The first-order valence-corrected chi connectivity index (χ1v) is 7.67. The van der Waals surface area contributed by atoms with Gasteiger partial charge in [0.15, 0.2) is 8.32 Å². The lowest BCUT2D eigenvalue weighted by atomic mass is 10.2. The first-order valence-electron chi connectivity index (χ1n) is 4.77. The van der Waals surface area contributed by atoms with Crippen LogP contribution in [0, 0.1) is 6.42 Å². The molecule has 0 aliphatic heterocycles. The molecule has 2 heteroatoms. The van der Waals surface area contributed by atoms with Crippen LogP contribution in [0.3, 0.4) is 0 Å². The maximum absolute atomic E-state index is 5.92. The molecule has 0 saturated heterocycles. The molecule has 0 saturated carbocycles. The Morgan fingerprint density at radius 1 is 1.25 bits per heavy atom. The predicted octanol–water partition coefficient (Wildman–Crippen LogP) is 3.62. The molecule has 0 aromatic rings. The zero-order valence-corrected chi connectivity index (χ0v) is 10.4. The van der Waals surface area contributed by atoms with Gasteiger partial charge >= 0.3 is 0 Å². The van der Waals surface area contributed by atoms with E-state index in [0.29, 0.717) is 5.04 Å². The fourth-order valence-corrected chi connectivity index (χ4v) is 1.57. The molecule has 0 spiro atoms. The lowest BCUT2D eigenvalue weighted by Gasteiger charge is -2.36. The van der Waals surface area contributed by atoms with Crippen LogP contribution in [0.2, 0.25) is 18.1 Å². The average Bonchev–Trinajstić information content (AvgIpc) is 1.85. The molecule has 0 atom stereocenters. The van der Waals surface area contributed by atoms with Crippen molar-refractivity contribution < 1.29 is 4.43 Å². The quantitative estimate of drug-likeness (QED) is 0.482. The third-order valence-electron chi connectivity index (χ3n) is 2.66. The standard InChI is InChI=1S/C10H23OSi/c1-7-8-9-11-12(5,6)10(2,3)4/h8H,7,9H2,1-6H3. The Hall–Kier alpha value is 0.177. The van der Waals surface area contributed by atoms with E-state index >= 15 is 0 Å². The van der Waals surface area contributed by atoms with Crippen LogP contribution in [-0.4, -0.2) is 14.9 Å². The zero-order chi connectivity index (χ0) is 9.83. The van der Waals surface area contributed by atoms with Gasteiger partial charge in [0.1, 0.15) is 0 Å². The summed E-state index contributed by atoms with van der Waals surface area (Å²) < 4.78 is 5.92. The molecule has 0 rings (SSSR count). The maximum atomic E-state index is 5.92. The predicted molar refractivity (Wildman–Crippen MR) is 57.7 cm³/mol. The zero-order valence-electron chi connectivity index (χ0n) is 9.40. The van der Waals surface area contributed by atoms with Crippen molar-refractivity contribution >= 4 is 8.32 Å². The van der Waals surface area contributed by atoms with E-state index < -0.39 is 8.32 Å². The fraction of sp³-hybridized carbons (Fsp3) is 0.900. The highest BCUT2D eigenvalue weighted by Crippen LogP contribution is 2.36. The van der Waals surface area contributed by atoms with Gasteiger partial charge in [0, 0.05) is 6.61 Å². The average molecular weight is 187 g/mol. The van der Waals surface area contributed by atoms with E-state index in [-0.39, 0.29) is 0 Å². The molecule has 1 radical (unpaired) electrons. The Balaban J connectivity index is 3.88. The van der Waals surface area contributed by atoms with E-state index in [9.17, 15) is 0 Å². The molecule has 0 fully saturated rings. The summed E-state index contributed by atoms with van der Waals surface area (Å²) in [5, 5.41) is 0.342. The van der Waals surface area contributed by atoms with Gasteiger partial charge < -0.3 is 4.43 Å². The van der Waals surface area contributed by atoms with Gasteiger partial charge in [0.2, 0.25) is 0 Å². The van der Waals surface area contributed by atoms with Gasteiger partial charge in [-0.1, -0.05) is 34.1 Å². The van der Waals surface area contributed by atoms with Gasteiger partial charge in [-0.15, -0.1) is 0 Å². The van der Waals surface area contributed by atoms with Crippen molar-refractivity contribution in [3.63, 3.8) is 0 Å². The van der Waals surface area contributed by atoms with Gasteiger partial charge in [0.05, 0.1) is 0 Å². The lowest BCUT2D eigenvalue weighted by molar-refractivity contribution is 0.313. The van der Waals surface area contributed by atoms with E-state index in [4.69, 9.17) is 4.43 Å². The smallest absolute Gasteiger partial charge is 0.191 e. The van der Waals surface area contributed by atoms with Gasteiger partial charge in [-0.05, 0) is 24.6 Å². The van der Waals surface area contributed by atoms with Crippen LogP contribution in [-0.2, 0) is 4.43 Å². The summed E-state index contributed by atoms with van der Waals surface area (Å²) in [6.45, 7) is 14.4. The van der Waals surface area contributed by atoms with Crippen LogP contribution in [0.1, 0.15) is 34.1 Å². The Labute approximate surface area is 78.6 Å². The summed E-state index contributed by atoms with van der Waals surface area (Å²) in [7, 11) is -1.47. The van der Waals surface area contributed by atoms with Crippen molar-refractivity contribution in [2.45, 2.75) is 52.2 Å². The van der Waals surface area contributed by atoms with Crippen LogP contribution in [0.15, 0.2) is 0 Å². The van der Waals surface area contributed by atoms with Crippen molar-refractivity contribution in [3.05, 3.63) is 6.42 Å². The van der Waals surface area contributed by atoms with Crippen LogP contribution in [0.4, 0.5) is 0 Å². The van der Waals surface area contributed by atoms with Crippen molar-refractivity contribution in [2.75, 3.05) is 6.61 Å². The van der Waals surface area contributed by atoms with Crippen molar-refractivity contribution in [1.29, 1.82) is 0 Å². The maximum Gasteiger partial charge on any atom is 0.191 e. The van der Waals surface area contributed by atoms with Crippen molar-refractivity contribution in [3.8, 4) is 0 Å². The highest BCUT2D eigenvalue weighted by molar-refractivity contribution is 6.74. The first-order chi connectivity index (χ1) is 5.31. The molecule has 0 aliphatic carbocycles. The van der Waals surface area contributed by atoms with Gasteiger partial charge in [-0.25, -0.2) is 0 Å². The SMILES string of the molecule is CC[CH]CO[Si](C)(C)C(C)(C)C. The topological polar surface area (TPSA) is 9.23 Å². The third-order valence-corrected chi connectivity index (χ3v) is 7.16. The molecular weight excluding hydrogens is 164 g/mol. The third kappa shape index (κ3) is 3.72. The molecule has 73 valence electrons. The highest BCUT2D eigenvalue weighted by atomic mass is 28.4. The van der Waals surface area contributed by atoms with Gasteiger partial charge in [0.25, 0.3) is 0 Å². The molecule has 1 nitrogen and oxygen atoms in total. The fourth-order valence-electron chi connectivity index (χ4n) is 0.602. The lowest BCUT2D eigenvalue weighted by Crippen LogP contribution is -2.41. The van der Waals surface area contributed by atoms with Gasteiger partial charge in [-0.3, -0.25) is 0 Å². The summed E-state index contributed by atoms with van der Waals surface area (Å²) in [5.74, 6) is 0. The van der Waals surface area contributed by atoms with Crippen LogP contribution in [0.5, 0.6) is 0 Å². The first kappa shape index (κ1) is 12.2. The van der Waals surface area contributed by atoms with E-state index in [0.717, 1.165) is 13.0 Å². The molecule has 0 unspecified atom stereocenters. The monoisotopic (exact) mass is 187 g/mol. The minimum Gasteiger partial charge on any atom is -0.417 e. The molecule has 0 bridgehead atoms. The van der Waals surface area contributed by atoms with E-state index in [1.807, 2.05) is 0 Å². The molecule has 12 heavy (non-hydrogen) atoms. The molecule has 0 aromatic heterocycles. The van der Waals surface area contributed by atoms with E-state index in [1.54, 1.807) is 0 Å². The summed E-state index contributed by atoms with van der Waals surface area (Å²) in [6.07, 6.45) is 3.30. The second kappa shape index (κ2) is 4.42. The Kier molecular flexibility index (Phi) is 4.49. The van der Waals surface area contributed by atoms with Crippen LogP contribution < -0.4 is 0 Å². The van der Waals surface area contributed by atoms with Crippen molar-refractivity contribution in [1.82, 2.24) is 0 Å². The molecule has 0 N–H and O–H groups in total. The highest BCUT2D eigenvalue weighted by Gasteiger charge is 2.36. The second-order valence-electron chi connectivity index (χ2n) is 4.77. The molecule has 0 amide bonds. The molecule has 0 heterocycles. The van der Waals surface area contributed by atoms with Crippen molar-refractivity contribution in [2.24, 2.45) is 0 Å². The minimum absolute atomic E-state index is 0.342. The normalized spacial score (nSPS) is 13.5. The minimum atomic E-state index is -1.47. The number of unbranched alkanes of at least 4 members (excludes halogenated alkanes) is 1. The van der Waals surface area contributed by atoms with E-state index in [2.05, 4.69) is 47.2 Å². The largest absolute Gasteiger partial charge is 0.417 e. The van der Waals surface area contributed by atoms with Crippen LogP contribution >= 0.6 is 0 Å². The van der Waals surface area contributed by atoms with E-state index in [1.165, 1.54) is 0 Å². The Bertz CT molecular complexity index is 124. The Morgan fingerprint density at radius 2 is 1.75 bits per heavy atom. The van der Waals surface area contributed by atoms with Gasteiger partial charge in [-0.2, -0.15) is 0 Å². The summed E-state index contributed by atoms with van der Waals surface area (Å²) in [6, 6.07) is 0. The number of rotatable bonds is 4. The summed E-state index contributed by atoms with van der Waals surface area (Å²) in [4.78, 5) is 0. The molecule has 0 aliphatic rings. The molecular formula is C10H23OSi. The second-order valence-corrected chi connectivity index (χ2v) is 9.58. The molecule has 0 aromatic carbocycles.